The molecular weight excluding hydrogens is 745 g/mol. The molecule has 12 rings (SSSR count). The van der Waals surface area contributed by atoms with E-state index in [2.05, 4.69) is 221 Å². The Bertz CT molecular complexity index is 3560. The number of para-hydroxylation sites is 2. The van der Waals surface area contributed by atoms with Gasteiger partial charge in [0.15, 0.2) is 0 Å². The quantitative estimate of drug-likeness (QED) is 0.183. The second-order valence-corrected chi connectivity index (χ2v) is 15.4. The highest BCUT2D eigenvalue weighted by molar-refractivity contribution is 6.07. The fourth-order valence-corrected chi connectivity index (χ4v) is 9.02. The van der Waals surface area contributed by atoms with E-state index in [-0.39, 0.29) is 0 Å². The van der Waals surface area contributed by atoms with Gasteiger partial charge in [-0.1, -0.05) is 133 Å². The summed E-state index contributed by atoms with van der Waals surface area (Å²) in [6.45, 7) is 0. The lowest BCUT2D eigenvalue weighted by molar-refractivity contribution is 1.20. The van der Waals surface area contributed by atoms with Crippen LogP contribution in [0.4, 0.5) is 0 Å². The Labute approximate surface area is 351 Å². The van der Waals surface area contributed by atoms with E-state index in [4.69, 9.17) is 15.0 Å². The van der Waals surface area contributed by atoms with Crippen molar-refractivity contribution >= 4 is 62.4 Å². The summed E-state index contributed by atoms with van der Waals surface area (Å²) in [6, 6.07) is 63.5. The van der Waals surface area contributed by atoms with Crippen LogP contribution in [-0.4, -0.2) is 29.3 Å². The molecule has 0 unspecified atom stereocenters. The minimum absolute atomic E-state index is 0.833. The summed E-state index contributed by atoms with van der Waals surface area (Å²) in [5, 5.41) is 0. The van der Waals surface area contributed by atoms with Gasteiger partial charge in [0.2, 0.25) is 0 Å². The Morgan fingerprint density at radius 3 is 1.33 bits per heavy atom. The number of nitrogens with one attached hydrogen (secondary N) is 2. The van der Waals surface area contributed by atoms with Gasteiger partial charge in [-0.05, 0) is 89.0 Å². The van der Waals surface area contributed by atoms with Crippen molar-refractivity contribution in [3.8, 4) is 44.5 Å². The SMILES string of the molecule is C1=Cc2nc1c(-c1ccccc1)c1ccc([nH]1)c(-c1ccccc1)c1nc(c(-c3ccccc3)c3ccc([nH]3)c2-c2ccccc2)C(c2nc3ccccc3n3cccc23)=C1. The predicted molar refractivity (Wildman–Crippen MR) is 251 cm³/mol. The fraction of sp³-hybridized carbons (Fsp3) is 0. The maximum atomic E-state index is 5.75. The fourth-order valence-electron chi connectivity index (χ4n) is 9.02. The lowest BCUT2D eigenvalue weighted by Crippen LogP contribution is -1.99. The summed E-state index contributed by atoms with van der Waals surface area (Å²) in [4.78, 5) is 24.4. The molecule has 0 spiro atoms. The second kappa shape index (κ2) is 14.2. The Kier molecular flexibility index (Phi) is 8.06. The van der Waals surface area contributed by atoms with Crippen molar-refractivity contribution in [2.45, 2.75) is 0 Å². The number of aromatic nitrogens is 6. The number of hydrogen-bond acceptors (Lipinski definition) is 3. The highest BCUT2D eigenvalue weighted by Crippen LogP contribution is 2.43. The zero-order chi connectivity index (χ0) is 40.3. The molecule has 0 radical (unpaired) electrons. The molecule has 0 amide bonds. The van der Waals surface area contributed by atoms with Gasteiger partial charge in [0.25, 0.3) is 0 Å². The zero-order valence-electron chi connectivity index (χ0n) is 32.9. The Morgan fingerprint density at radius 1 is 0.344 bits per heavy atom. The van der Waals surface area contributed by atoms with Gasteiger partial charge in [-0.3, -0.25) is 0 Å². The van der Waals surface area contributed by atoms with Gasteiger partial charge in [0.05, 0.1) is 45.0 Å². The molecule has 2 aliphatic rings. The Balaban J connectivity index is 1.30. The highest BCUT2D eigenvalue weighted by Gasteiger charge is 2.26. The average molecular weight is 781 g/mol. The van der Waals surface area contributed by atoms with Crippen LogP contribution in [0.25, 0.3) is 107 Å². The van der Waals surface area contributed by atoms with E-state index < -0.39 is 0 Å². The van der Waals surface area contributed by atoms with Crippen LogP contribution in [0.3, 0.4) is 0 Å². The summed E-state index contributed by atoms with van der Waals surface area (Å²) < 4.78 is 2.24. The number of aromatic amines is 2. The predicted octanol–water partition coefficient (Wildman–Crippen LogP) is 13.5. The molecule has 7 heterocycles. The molecule has 0 fully saturated rings. The van der Waals surface area contributed by atoms with E-state index in [0.29, 0.717) is 0 Å². The van der Waals surface area contributed by atoms with Crippen molar-refractivity contribution in [2.24, 2.45) is 0 Å². The number of rotatable bonds is 5. The molecule has 0 saturated carbocycles. The molecule has 10 aromatic rings. The van der Waals surface area contributed by atoms with E-state index in [1.54, 1.807) is 0 Å². The van der Waals surface area contributed by atoms with Crippen molar-refractivity contribution in [2.75, 3.05) is 0 Å². The first kappa shape index (κ1) is 34.7. The summed E-state index contributed by atoms with van der Waals surface area (Å²) in [5.74, 6) is 0. The summed E-state index contributed by atoms with van der Waals surface area (Å²) in [5.41, 5.74) is 20.2. The molecular formula is C55H36N6. The van der Waals surface area contributed by atoms with Crippen molar-refractivity contribution in [3.05, 3.63) is 217 Å². The number of benzene rings is 5. The van der Waals surface area contributed by atoms with Gasteiger partial charge in [-0.15, -0.1) is 0 Å². The monoisotopic (exact) mass is 780 g/mol. The molecule has 5 aromatic carbocycles. The normalized spacial score (nSPS) is 12.3. The maximum Gasteiger partial charge on any atom is 0.0973 e. The summed E-state index contributed by atoms with van der Waals surface area (Å²) >= 11 is 0. The van der Waals surface area contributed by atoms with Crippen LogP contribution in [0, 0.1) is 0 Å². The highest BCUT2D eigenvalue weighted by atomic mass is 14.9. The number of nitrogens with zero attached hydrogens (tertiary/aromatic N) is 4. The van der Waals surface area contributed by atoms with Gasteiger partial charge in [0, 0.05) is 56.1 Å². The zero-order valence-corrected chi connectivity index (χ0v) is 32.9. The topological polar surface area (TPSA) is 74.7 Å². The number of hydrogen-bond donors (Lipinski definition) is 2. The van der Waals surface area contributed by atoms with Crippen molar-refractivity contribution < 1.29 is 0 Å². The lowest BCUT2D eigenvalue weighted by Gasteiger charge is -2.12. The first-order valence-corrected chi connectivity index (χ1v) is 20.5. The van der Waals surface area contributed by atoms with Crippen molar-refractivity contribution in [3.63, 3.8) is 0 Å². The molecule has 61 heavy (non-hydrogen) atoms. The average Bonchev–Trinajstić information content (AvgIpc) is 4.18. The smallest absolute Gasteiger partial charge is 0.0973 e. The van der Waals surface area contributed by atoms with Gasteiger partial charge in [-0.25, -0.2) is 15.0 Å². The van der Waals surface area contributed by atoms with Crippen LogP contribution in [0.5, 0.6) is 0 Å². The van der Waals surface area contributed by atoms with Gasteiger partial charge in [0.1, 0.15) is 0 Å². The van der Waals surface area contributed by atoms with E-state index in [1.807, 2.05) is 0 Å². The molecule has 6 nitrogen and oxygen atoms in total. The Morgan fingerprint density at radius 2 is 0.787 bits per heavy atom. The second-order valence-electron chi connectivity index (χ2n) is 15.4. The standard InChI is InChI=1S/C55H36N6/c1-5-16-35(17-6-1)50-41-27-28-42(56-41)51(36-18-7-2-8-19-36)44-31-32-46(58-44)53(38-22-11-4-12-23-38)55-39(54-49-26-15-33-61(49)48-25-14-13-24-40(48)59-54)34-47(60-55)52(37-20-9-3-10-21-37)45-30-29-43(50)57-45/h1-34,57-58H. The molecule has 5 aromatic heterocycles. The molecule has 0 aliphatic carbocycles. The van der Waals surface area contributed by atoms with Gasteiger partial charge < -0.3 is 14.4 Å². The van der Waals surface area contributed by atoms with E-state index in [9.17, 15) is 0 Å². The van der Waals surface area contributed by atoms with Gasteiger partial charge >= 0.3 is 0 Å². The van der Waals surface area contributed by atoms with Crippen LogP contribution in [-0.2, 0) is 0 Å². The third-order valence-electron chi connectivity index (χ3n) is 11.7. The molecule has 286 valence electrons. The third kappa shape index (κ3) is 5.84. The van der Waals surface area contributed by atoms with Crippen LogP contribution in [0.2, 0.25) is 0 Å². The summed E-state index contributed by atoms with van der Waals surface area (Å²) in [7, 11) is 0. The first-order chi connectivity index (χ1) is 30.2. The lowest BCUT2D eigenvalue weighted by atomic mass is 9.97. The minimum atomic E-state index is 0.833. The molecule has 8 bridgehead atoms. The molecule has 0 atom stereocenters. The van der Waals surface area contributed by atoms with E-state index >= 15 is 0 Å². The van der Waals surface area contributed by atoms with Crippen LogP contribution in [0.15, 0.2) is 188 Å². The first-order valence-electron chi connectivity index (χ1n) is 20.5. The molecule has 6 heteroatoms. The number of H-pyrrole nitrogens is 2. The van der Waals surface area contributed by atoms with Crippen LogP contribution in [0.1, 0.15) is 28.5 Å². The minimum Gasteiger partial charge on any atom is -0.354 e. The van der Waals surface area contributed by atoms with Crippen molar-refractivity contribution in [1.29, 1.82) is 0 Å². The largest absolute Gasteiger partial charge is 0.354 e. The molecule has 2 aliphatic heterocycles. The molecule has 2 N–H and O–H groups in total. The summed E-state index contributed by atoms with van der Waals surface area (Å²) in [6.07, 6.45) is 8.64. The molecule has 0 saturated heterocycles. The van der Waals surface area contributed by atoms with E-state index in [1.165, 1.54) is 0 Å². The van der Waals surface area contributed by atoms with Crippen molar-refractivity contribution in [1.82, 2.24) is 29.3 Å². The van der Waals surface area contributed by atoms with Gasteiger partial charge in [-0.2, -0.15) is 0 Å². The number of fused-ring (bicyclic) bond motifs is 11. The van der Waals surface area contributed by atoms with Crippen LogP contribution < -0.4 is 0 Å². The van der Waals surface area contributed by atoms with Crippen LogP contribution >= 0.6 is 0 Å². The maximum absolute atomic E-state index is 5.75. The van der Waals surface area contributed by atoms with E-state index in [0.717, 1.165) is 117 Å². The third-order valence-corrected chi connectivity index (χ3v) is 11.7. The Hall–Kier alpha value is -8.35.